The molecule has 2 aromatic heterocycles. The number of thiophene rings is 2. The lowest BCUT2D eigenvalue weighted by atomic mass is 9.88. The highest BCUT2D eigenvalue weighted by Gasteiger charge is 2.35. The number of amides is 2. The highest BCUT2D eigenvalue weighted by molar-refractivity contribution is 7.91. The van der Waals surface area contributed by atoms with E-state index in [9.17, 15) is 18.0 Å². The summed E-state index contributed by atoms with van der Waals surface area (Å²) in [5.41, 5.74) is 7.02. The number of sulfonamides is 1. The second-order valence-electron chi connectivity index (χ2n) is 8.04. The quantitative estimate of drug-likeness (QED) is 0.704. The maximum atomic E-state index is 13.0. The van der Waals surface area contributed by atoms with Gasteiger partial charge in [-0.1, -0.05) is 13.0 Å². The molecule has 2 unspecified atom stereocenters. The summed E-state index contributed by atoms with van der Waals surface area (Å²) in [5.74, 6) is -0.708. The summed E-state index contributed by atoms with van der Waals surface area (Å²) < 4.78 is 27.3. The molecule has 0 saturated carbocycles. The van der Waals surface area contributed by atoms with Crippen LogP contribution in [-0.2, 0) is 27.7 Å². The molecule has 2 atom stereocenters. The van der Waals surface area contributed by atoms with Crippen molar-refractivity contribution in [3.63, 3.8) is 0 Å². The van der Waals surface area contributed by atoms with Crippen molar-refractivity contribution in [2.24, 2.45) is 17.6 Å². The summed E-state index contributed by atoms with van der Waals surface area (Å²) in [4.78, 5) is 26.2. The Balaban J connectivity index is 1.52. The number of anilines is 1. The van der Waals surface area contributed by atoms with Crippen LogP contribution in [0.4, 0.5) is 5.00 Å². The number of rotatable bonds is 5. The number of carbonyl (C=O) groups excluding carboxylic acids is 2. The molecule has 0 spiro atoms. The number of primary amides is 1. The van der Waals surface area contributed by atoms with Crippen molar-refractivity contribution in [3.8, 4) is 0 Å². The topological polar surface area (TPSA) is 110 Å². The van der Waals surface area contributed by atoms with Gasteiger partial charge in [0.1, 0.15) is 9.21 Å². The maximum absolute atomic E-state index is 13.0. The van der Waals surface area contributed by atoms with E-state index in [4.69, 9.17) is 5.73 Å². The van der Waals surface area contributed by atoms with Crippen LogP contribution in [0.2, 0.25) is 0 Å². The molecule has 4 rings (SSSR count). The molecule has 0 bridgehead atoms. The lowest BCUT2D eigenvalue weighted by molar-refractivity contribution is -0.120. The predicted molar refractivity (Wildman–Crippen MR) is 118 cm³/mol. The molecular formula is C20H25N3O4S3. The van der Waals surface area contributed by atoms with Crippen LogP contribution in [0.25, 0.3) is 0 Å². The van der Waals surface area contributed by atoms with Gasteiger partial charge in [-0.05, 0) is 55.0 Å². The molecular weight excluding hydrogens is 442 g/mol. The number of fused-ring (bicyclic) bond motifs is 1. The molecule has 2 aromatic rings. The maximum Gasteiger partial charge on any atom is 0.252 e. The van der Waals surface area contributed by atoms with Gasteiger partial charge in [-0.25, -0.2) is 8.42 Å². The fraction of sp³-hybridized carbons (Fsp3) is 0.500. The summed E-state index contributed by atoms with van der Waals surface area (Å²) in [5, 5.41) is 5.13. The molecule has 2 amide bonds. The first-order valence-electron chi connectivity index (χ1n) is 10.1. The number of nitrogens with two attached hydrogens (primary N) is 1. The minimum atomic E-state index is -3.59. The first-order valence-corrected chi connectivity index (χ1v) is 13.2. The van der Waals surface area contributed by atoms with E-state index < -0.39 is 21.8 Å². The number of hydrogen-bond acceptors (Lipinski definition) is 6. The molecule has 0 aromatic carbocycles. The highest BCUT2D eigenvalue weighted by Crippen LogP contribution is 2.40. The van der Waals surface area contributed by atoms with E-state index in [0.717, 1.165) is 29.7 Å². The van der Waals surface area contributed by atoms with Crippen molar-refractivity contribution in [3.05, 3.63) is 33.5 Å². The van der Waals surface area contributed by atoms with E-state index in [0.29, 0.717) is 40.1 Å². The summed E-state index contributed by atoms with van der Waals surface area (Å²) in [6.07, 6.45) is 3.89. The van der Waals surface area contributed by atoms with Crippen LogP contribution in [-0.4, -0.2) is 37.6 Å². The average Bonchev–Trinajstić information content (AvgIpc) is 3.36. The standard InChI is InChI=1S/C20H25N3O4S3/c1-12-6-7-14-15(10-12)29-20(17(14)18(21)24)22-19(25)13-4-2-8-23(11-13)30(26,27)16-5-3-9-28-16/h3,5,9,12-13H,2,4,6-8,10-11H2,1H3,(H2,21,24)(H,22,25). The molecule has 162 valence electrons. The third-order valence-electron chi connectivity index (χ3n) is 5.84. The summed E-state index contributed by atoms with van der Waals surface area (Å²) >= 11 is 2.60. The fourth-order valence-corrected chi connectivity index (χ4v) is 8.31. The first kappa shape index (κ1) is 21.5. The number of piperidine rings is 1. The van der Waals surface area contributed by atoms with E-state index in [1.54, 1.807) is 17.5 Å². The number of nitrogens with zero attached hydrogens (tertiary/aromatic N) is 1. The van der Waals surface area contributed by atoms with Gasteiger partial charge in [0.15, 0.2) is 0 Å². The summed E-state index contributed by atoms with van der Waals surface area (Å²) in [6.45, 7) is 2.72. The first-order chi connectivity index (χ1) is 14.3. The van der Waals surface area contributed by atoms with Gasteiger partial charge in [0.2, 0.25) is 5.91 Å². The van der Waals surface area contributed by atoms with Crippen LogP contribution in [0.1, 0.15) is 47.0 Å². The Morgan fingerprint density at radius 1 is 1.30 bits per heavy atom. The monoisotopic (exact) mass is 467 g/mol. The second kappa shape index (κ2) is 8.41. The van der Waals surface area contributed by atoms with Crippen LogP contribution >= 0.6 is 22.7 Å². The lowest BCUT2D eigenvalue weighted by Gasteiger charge is -2.30. The van der Waals surface area contributed by atoms with Crippen LogP contribution in [0.5, 0.6) is 0 Å². The Bertz CT molecular complexity index is 1060. The van der Waals surface area contributed by atoms with Crippen molar-refractivity contribution >= 4 is 49.5 Å². The normalized spacial score (nSPS) is 22.4. The molecule has 0 radical (unpaired) electrons. The van der Waals surface area contributed by atoms with E-state index in [1.807, 2.05) is 0 Å². The Kier molecular flexibility index (Phi) is 6.02. The van der Waals surface area contributed by atoms with E-state index in [-0.39, 0.29) is 12.5 Å². The zero-order chi connectivity index (χ0) is 21.5. The van der Waals surface area contributed by atoms with Crippen molar-refractivity contribution in [1.29, 1.82) is 0 Å². The summed E-state index contributed by atoms with van der Waals surface area (Å²) in [6, 6.07) is 3.29. The van der Waals surface area contributed by atoms with Gasteiger partial charge in [-0.15, -0.1) is 22.7 Å². The Labute approximate surface area is 184 Å². The SMILES string of the molecule is CC1CCc2c(sc(NC(=O)C3CCCN(S(=O)(=O)c4cccs4)C3)c2C(N)=O)C1. The molecule has 10 heteroatoms. The van der Waals surface area contributed by atoms with Gasteiger partial charge in [-0.3, -0.25) is 9.59 Å². The fourth-order valence-electron chi connectivity index (χ4n) is 4.23. The average molecular weight is 468 g/mol. The van der Waals surface area contributed by atoms with Crippen LogP contribution in [0.15, 0.2) is 21.7 Å². The van der Waals surface area contributed by atoms with Gasteiger partial charge >= 0.3 is 0 Å². The molecule has 1 aliphatic carbocycles. The molecule has 2 aliphatic rings. The zero-order valence-electron chi connectivity index (χ0n) is 16.7. The largest absolute Gasteiger partial charge is 0.365 e. The molecule has 7 nitrogen and oxygen atoms in total. The Hall–Kier alpha value is -1.75. The van der Waals surface area contributed by atoms with Crippen molar-refractivity contribution < 1.29 is 18.0 Å². The van der Waals surface area contributed by atoms with Gasteiger partial charge in [0, 0.05) is 18.0 Å². The van der Waals surface area contributed by atoms with Crippen LogP contribution in [0.3, 0.4) is 0 Å². The summed E-state index contributed by atoms with van der Waals surface area (Å²) in [7, 11) is -3.59. The molecule has 3 N–H and O–H groups in total. The van der Waals surface area contributed by atoms with E-state index in [2.05, 4.69) is 12.2 Å². The highest BCUT2D eigenvalue weighted by atomic mass is 32.2. The minimum Gasteiger partial charge on any atom is -0.365 e. The van der Waals surface area contributed by atoms with Crippen LogP contribution in [0, 0.1) is 11.8 Å². The molecule has 1 saturated heterocycles. The Morgan fingerprint density at radius 2 is 2.10 bits per heavy atom. The zero-order valence-corrected chi connectivity index (χ0v) is 19.2. The van der Waals surface area contributed by atoms with E-state index in [1.165, 1.54) is 27.0 Å². The minimum absolute atomic E-state index is 0.139. The number of carbonyl (C=O) groups is 2. The third kappa shape index (κ3) is 4.05. The second-order valence-corrected chi connectivity index (χ2v) is 12.3. The third-order valence-corrected chi connectivity index (χ3v) is 10.2. The number of hydrogen-bond donors (Lipinski definition) is 2. The van der Waals surface area contributed by atoms with Gasteiger partial charge in [0.05, 0.1) is 11.5 Å². The van der Waals surface area contributed by atoms with Gasteiger partial charge in [0.25, 0.3) is 15.9 Å². The van der Waals surface area contributed by atoms with Gasteiger partial charge < -0.3 is 11.1 Å². The molecule has 30 heavy (non-hydrogen) atoms. The van der Waals surface area contributed by atoms with E-state index >= 15 is 0 Å². The van der Waals surface area contributed by atoms with Crippen molar-refractivity contribution in [2.75, 3.05) is 18.4 Å². The lowest BCUT2D eigenvalue weighted by Crippen LogP contribution is -2.43. The number of nitrogens with one attached hydrogen (secondary N) is 1. The smallest absolute Gasteiger partial charge is 0.252 e. The molecule has 1 fully saturated rings. The van der Waals surface area contributed by atoms with Crippen molar-refractivity contribution in [1.82, 2.24) is 4.31 Å². The molecule has 1 aliphatic heterocycles. The predicted octanol–water partition coefficient (Wildman–Crippen LogP) is 3.07. The van der Waals surface area contributed by atoms with Crippen molar-refractivity contribution in [2.45, 2.75) is 43.2 Å². The van der Waals surface area contributed by atoms with Gasteiger partial charge in [-0.2, -0.15) is 4.31 Å². The molecule has 3 heterocycles. The van der Waals surface area contributed by atoms with Crippen LogP contribution < -0.4 is 11.1 Å². The Morgan fingerprint density at radius 3 is 2.80 bits per heavy atom.